The van der Waals surface area contributed by atoms with Gasteiger partial charge < -0.3 is 10.4 Å². The molecule has 1 heterocycles. The number of nitrogens with zero attached hydrogens (tertiary/aromatic N) is 2. The van der Waals surface area contributed by atoms with Crippen LogP contribution in [0.4, 0.5) is 0 Å². The molecule has 0 saturated heterocycles. The molecule has 0 atom stereocenters. The first-order valence-corrected chi connectivity index (χ1v) is 5.65. The number of hydrogen-bond acceptors (Lipinski definition) is 3. The predicted molar refractivity (Wildman–Crippen MR) is 68.7 cm³/mol. The van der Waals surface area contributed by atoms with Gasteiger partial charge >= 0.3 is 5.97 Å². The Morgan fingerprint density at radius 2 is 2.05 bits per heavy atom. The maximum atomic E-state index is 11.4. The molecular formula is C13H13N3O3. The fraction of sp³-hybridized carbons (Fsp3) is 0.154. The zero-order chi connectivity index (χ0) is 14.0. The van der Waals surface area contributed by atoms with Crippen LogP contribution in [0.15, 0.2) is 30.5 Å². The Hall–Kier alpha value is -2.63. The summed E-state index contributed by atoms with van der Waals surface area (Å²) in [4.78, 5) is 22.3. The minimum Gasteiger partial charge on any atom is -0.478 e. The van der Waals surface area contributed by atoms with Crippen LogP contribution in [-0.4, -0.2) is 33.8 Å². The molecule has 0 aliphatic rings. The van der Waals surface area contributed by atoms with Gasteiger partial charge in [-0.25, -0.2) is 9.48 Å². The van der Waals surface area contributed by atoms with E-state index < -0.39 is 5.97 Å². The molecule has 0 bridgehead atoms. The van der Waals surface area contributed by atoms with Crippen LogP contribution in [-0.2, 0) is 0 Å². The molecule has 0 aliphatic heterocycles. The highest BCUT2D eigenvalue weighted by molar-refractivity contribution is 5.92. The third-order valence-electron chi connectivity index (χ3n) is 2.75. The molecule has 0 spiro atoms. The van der Waals surface area contributed by atoms with Crippen LogP contribution < -0.4 is 5.32 Å². The first kappa shape index (κ1) is 12.8. The van der Waals surface area contributed by atoms with E-state index in [0.717, 1.165) is 0 Å². The number of carbonyl (C=O) groups excluding carboxylic acids is 1. The molecule has 19 heavy (non-hydrogen) atoms. The monoisotopic (exact) mass is 259 g/mol. The lowest BCUT2D eigenvalue weighted by Gasteiger charge is -2.05. The minimum absolute atomic E-state index is 0.252. The second kappa shape index (κ2) is 4.93. The Morgan fingerprint density at radius 1 is 1.32 bits per heavy atom. The number of aryl methyl sites for hydroxylation is 1. The van der Waals surface area contributed by atoms with Gasteiger partial charge in [0.25, 0.3) is 5.91 Å². The number of rotatable bonds is 3. The maximum absolute atomic E-state index is 11.4. The van der Waals surface area contributed by atoms with Crippen molar-refractivity contribution in [3.63, 3.8) is 0 Å². The smallest absolute Gasteiger partial charge is 0.335 e. The van der Waals surface area contributed by atoms with Crippen LogP contribution in [0.2, 0.25) is 0 Å². The number of nitrogens with one attached hydrogen (secondary N) is 1. The Morgan fingerprint density at radius 3 is 2.63 bits per heavy atom. The number of hydrogen-bond donors (Lipinski definition) is 2. The van der Waals surface area contributed by atoms with Gasteiger partial charge in [0.1, 0.15) is 0 Å². The number of carboxylic acid groups (broad SMARTS) is 1. The highest BCUT2D eigenvalue weighted by Gasteiger charge is 2.10. The standard InChI is InChI=1S/C13H13N3O3/c1-8-7-9(3-4-10(8)13(18)19)16-6-5-11(15-16)12(17)14-2/h3-7H,1-2H3,(H,14,17)(H,18,19). The lowest BCUT2D eigenvalue weighted by Crippen LogP contribution is -2.18. The first-order chi connectivity index (χ1) is 9.02. The number of amides is 1. The summed E-state index contributed by atoms with van der Waals surface area (Å²) in [6.07, 6.45) is 1.65. The van der Waals surface area contributed by atoms with Gasteiger partial charge in [-0.3, -0.25) is 4.79 Å². The van der Waals surface area contributed by atoms with E-state index in [1.807, 2.05) is 0 Å². The van der Waals surface area contributed by atoms with Gasteiger partial charge in [0.2, 0.25) is 0 Å². The third-order valence-corrected chi connectivity index (χ3v) is 2.75. The van der Waals surface area contributed by atoms with E-state index in [1.165, 1.54) is 17.8 Å². The van der Waals surface area contributed by atoms with Gasteiger partial charge in [-0.1, -0.05) is 0 Å². The van der Waals surface area contributed by atoms with Crippen molar-refractivity contribution in [3.05, 3.63) is 47.3 Å². The highest BCUT2D eigenvalue weighted by atomic mass is 16.4. The first-order valence-electron chi connectivity index (χ1n) is 5.65. The van der Waals surface area contributed by atoms with E-state index in [2.05, 4.69) is 10.4 Å². The van der Waals surface area contributed by atoms with Gasteiger partial charge in [-0.05, 0) is 36.8 Å². The van der Waals surface area contributed by atoms with Crippen LogP contribution in [0.5, 0.6) is 0 Å². The molecule has 1 aromatic carbocycles. The number of carboxylic acids is 1. The normalized spacial score (nSPS) is 10.2. The van der Waals surface area contributed by atoms with Crippen LogP contribution in [0, 0.1) is 6.92 Å². The van der Waals surface area contributed by atoms with Crippen molar-refractivity contribution in [2.24, 2.45) is 0 Å². The van der Waals surface area contributed by atoms with E-state index >= 15 is 0 Å². The summed E-state index contributed by atoms with van der Waals surface area (Å²) >= 11 is 0. The quantitative estimate of drug-likeness (QED) is 0.868. The molecule has 0 saturated carbocycles. The summed E-state index contributed by atoms with van der Waals surface area (Å²) in [5.74, 6) is -1.23. The fourth-order valence-corrected chi connectivity index (χ4v) is 1.75. The van der Waals surface area contributed by atoms with E-state index in [1.54, 1.807) is 31.3 Å². The lowest BCUT2D eigenvalue weighted by atomic mass is 10.1. The number of aromatic carboxylic acids is 1. The van der Waals surface area contributed by atoms with Crippen LogP contribution in [0.1, 0.15) is 26.4 Å². The number of aromatic nitrogens is 2. The summed E-state index contributed by atoms with van der Waals surface area (Å²) in [6.45, 7) is 1.72. The summed E-state index contributed by atoms with van der Waals surface area (Å²) in [5, 5.41) is 15.6. The van der Waals surface area contributed by atoms with Crippen molar-refractivity contribution >= 4 is 11.9 Å². The lowest BCUT2D eigenvalue weighted by molar-refractivity contribution is 0.0696. The molecule has 2 rings (SSSR count). The Bertz CT molecular complexity index is 646. The van der Waals surface area contributed by atoms with Gasteiger partial charge in [0.05, 0.1) is 11.3 Å². The molecule has 0 unspecified atom stereocenters. The molecule has 0 radical (unpaired) electrons. The second-order valence-electron chi connectivity index (χ2n) is 4.03. The van der Waals surface area contributed by atoms with Crippen molar-refractivity contribution in [2.45, 2.75) is 6.92 Å². The summed E-state index contributed by atoms with van der Waals surface area (Å²) in [5.41, 5.74) is 1.91. The number of benzene rings is 1. The largest absolute Gasteiger partial charge is 0.478 e. The molecule has 0 aliphatic carbocycles. The van der Waals surface area contributed by atoms with Crippen molar-refractivity contribution in [3.8, 4) is 5.69 Å². The van der Waals surface area contributed by atoms with E-state index in [9.17, 15) is 9.59 Å². The molecular weight excluding hydrogens is 246 g/mol. The molecule has 1 aromatic heterocycles. The van der Waals surface area contributed by atoms with E-state index in [0.29, 0.717) is 16.9 Å². The number of carbonyl (C=O) groups is 2. The predicted octanol–water partition coefficient (Wildman–Crippen LogP) is 1.24. The van der Waals surface area contributed by atoms with Gasteiger partial charge in [-0.2, -0.15) is 5.10 Å². The third kappa shape index (κ3) is 2.47. The van der Waals surface area contributed by atoms with E-state index in [4.69, 9.17) is 5.11 Å². The average molecular weight is 259 g/mol. The Kier molecular flexibility index (Phi) is 3.33. The van der Waals surface area contributed by atoms with Crippen molar-refractivity contribution in [1.82, 2.24) is 15.1 Å². The minimum atomic E-state index is -0.962. The van der Waals surface area contributed by atoms with Crippen molar-refractivity contribution in [1.29, 1.82) is 0 Å². The summed E-state index contributed by atoms with van der Waals surface area (Å²) in [7, 11) is 1.53. The zero-order valence-corrected chi connectivity index (χ0v) is 10.5. The zero-order valence-electron chi connectivity index (χ0n) is 10.5. The molecule has 1 amide bonds. The molecule has 6 nitrogen and oxygen atoms in total. The molecule has 2 aromatic rings. The molecule has 6 heteroatoms. The van der Waals surface area contributed by atoms with Gasteiger partial charge in [0, 0.05) is 13.2 Å². The Labute approximate surface area is 109 Å². The maximum Gasteiger partial charge on any atom is 0.335 e. The Balaban J connectivity index is 2.37. The average Bonchev–Trinajstić information content (AvgIpc) is 2.86. The van der Waals surface area contributed by atoms with Crippen LogP contribution in [0.3, 0.4) is 0 Å². The van der Waals surface area contributed by atoms with Gasteiger partial charge in [-0.15, -0.1) is 0 Å². The summed E-state index contributed by atoms with van der Waals surface area (Å²) in [6, 6.07) is 6.48. The second-order valence-corrected chi connectivity index (χ2v) is 4.03. The van der Waals surface area contributed by atoms with Gasteiger partial charge in [0.15, 0.2) is 5.69 Å². The van der Waals surface area contributed by atoms with Crippen LogP contribution >= 0.6 is 0 Å². The van der Waals surface area contributed by atoms with Crippen molar-refractivity contribution in [2.75, 3.05) is 7.05 Å². The van der Waals surface area contributed by atoms with Crippen molar-refractivity contribution < 1.29 is 14.7 Å². The highest BCUT2D eigenvalue weighted by Crippen LogP contribution is 2.14. The molecule has 0 fully saturated rings. The van der Waals surface area contributed by atoms with Crippen LogP contribution in [0.25, 0.3) is 5.69 Å². The fourth-order valence-electron chi connectivity index (χ4n) is 1.75. The summed E-state index contributed by atoms with van der Waals surface area (Å²) < 4.78 is 1.53. The molecule has 98 valence electrons. The van der Waals surface area contributed by atoms with E-state index in [-0.39, 0.29) is 11.5 Å². The molecule has 2 N–H and O–H groups in total. The SMILES string of the molecule is CNC(=O)c1ccn(-c2ccc(C(=O)O)c(C)c2)n1. The topological polar surface area (TPSA) is 84.2 Å².